The Kier molecular flexibility index (Phi) is 3.85. The molecule has 0 spiro atoms. The minimum Gasteiger partial charge on any atom is -0.478 e. The van der Waals surface area contributed by atoms with E-state index in [1.54, 1.807) is 25.1 Å². The third-order valence-corrected chi connectivity index (χ3v) is 3.01. The van der Waals surface area contributed by atoms with E-state index in [0.29, 0.717) is 16.9 Å². The Morgan fingerprint density at radius 1 is 1.21 bits per heavy atom. The van der Waals surface area contributed by atoms with Gasteiger partial charge in [-0.25, -0.2) is 4.79 Å². The number of rotatable bonds is 4. The fourth-order valence-electron chi connectivity index (χ4n) is 1.96. The van der Waals surface area contributed by atoms with Crippen LogP contribution < -0.4 is 4.74 Å². The Morgan fingerprint density at radius 2 is 1.95 bits per heavy atom. The lowest BCUT2D eigenvalue weighted by Gasteiger charge is -2.11. The summed E-state index contributed by atoms with van der Waals surface area (Å²) in [6.45, 7) is 3.84. The van der Waals surface area contributed by atoms with Crippen molar-refractivity contribution in [3.8, 4) is 11.5 Å². The molecule has 0 aliphatic heterocycles. The number of aromatic carboxylic acids is 1. The van der Waals surface area contributed by atoms with Crippen molar-refractivity contribution in [2.24, 2.45) is 0 Å². The monoisotopic (exact) mass is 256 g/mol. The summed E-state index contributed by atoms with van der Waals surface area (Å²) in [4.78, 5) is 11.0. The van der Waals surface area contributed by atoms with Crippen LogP contribution in [-0.2, 0) is 6.42 Å². The number of ether oxygens (including phenoxy) is 1. The van der Waals surface area contributed by atoms with E-state index < -0.39 is 5.97 Å². The van der Waals surface area contributed by atoms with Crippen molar-refractivity contribution in [3.63, 3.8) is 0 Å². The molecule has 0 aromatic heterocycles. The third kappa shape index (κ3) is 2.94. The average Bonchev–Trinajstić information content (AvgIpc) is 2.39. The highest BCUT2D eigenvalue weighted by Gasteiger charge is 2.09. The minimum atomic E-state index is -0.919. The minimum absolute atomic E-state index is 0.302. The summed E-state index contributed by atoms with van der Waals surface area (Å²) in [5.74, 6) is 0.550. The van der Waals surface area contributed by atoms with Gasteiger partial charge in [-0.2, -0.15) is 0 Å². The number of benzene rings is 2. The maximum Gasteiger partial charge on any atom is 0.335 e. The van der Waals surface area contributed by atoms with Gasteiger partial charge in [-0.15, -0.1) is 0 Å². The van der Waals surface area contributed by atoms with Gasteiger partial charge in [-0.1, -0.05) is 25.1 Å². The zero-order valence-corrected chi connectivity index (χ0v) is 11.0. The summed E-state index contributed by atoms with van der Waals surface area (Å²) in [5.41, 5.74) is 2.12. The molecule has 0 fully saturated rings. The van der Waals surface area contributed by atoms with Crippen molar-refractivity contribution in [3.05, 3.63) is 59.2 Å². The number of carbonyl (C=O) groups is 1. The van der Waals surface area contributed by atoms with Crippen LogP contribution in [0.4, 0.5) is 0 Å². The van der Waals surface area contributed by atoms with E-state index in [-0.39, 0.29) is 0 Å². The Labute approximate surface area is 112 Å². The quantitative estimate of drug-likeness (QED) is 0.897. The van der Waals surface area contributed by atoms with Gasteiger partial charge in [0.15, 0.2) is 0 Å². The molecule has 0 saturated heterocycles. The molecule has 2 rings (SSSR count). The van der Waals surface area contributed by atoms with Crippen LogP contribution in [-0.4, -0.2) is 11.1 Å². The molecule has 19 heavy (non-hydrogen) atoms. The molecule has 0 atom stereocenters. The van der Waals surface area contributed by atoms with Crippen LogP contribution in [0.2, 0.25) is 0 Å². The number of carboxylic acids is 1. The molecular weight excluding hydrogens is 240 g/mol. The summed E-state index contributed by atoms with van der Waals surface area (Å²) in [7, 11) is 0. The molecule has 0 heterocycles. The molecule has 0 aliphatic carbocycles. The average molecular weight is 256 g/mol. The van der Waals surface area contributed by atoms with Gasteiger partial charge in [-0.05, 0) is 48.7 Å². The zero-order valence-electron chi connectivity index (χ0n) is 11.0. The van der Waals surface area contributed by atoms with Gasteiger partial charge in [0.05, 0.1) is 5.56 Å². The van der Waals surface area contributed by atoms with Gasteiger partial charge in [0.1, 0.15) is 11.5 Å². The van der Waals surface area contributed by atoms with Gasteiger partial charge < -0.3 is 9.84 Å². The SMILES string of the molecule is CCc1ccccc1Oc1ccc(C(=O)O)c(C)c1. The second kappa shape index (κ2) is 5.57. The largest absolute Gasteiger partial charge is 0.478 e. The van der Waals surface area contributed by atoms with Crippen LogP contribution in [0.25, 0.3) is 0 Å². The Hall–Kier alpha value is -2.29. The normalized spacial score (nSPS) is 10.2. The Morgan fingerprint density at radius 3 is 2.58 bits per heavy atom. The Balaban J connectivity index is 2.29. The van der Waals surface area contributed by atoms with Crippen molar-refractivity contribution < 1.29 is 14.6 Å². The van der Waals surface area contributed by atoms with E-state index in [4.69, 9.17) is 9.84 Å². The van der Waals surface area contributed by atoms with E-state index in [9.17, 15) is 4.79 Å². The molecule has 2 aromatic carbocycles. The molecular formula is C16H16O3. The lowest BCUT2D eigenvalue weighted by molar-refractivity contribution is 0.0696. The summed E-state index contributed by atoms with van der Waals surface area (Å²) in [6, 6.07) is 12.8. The van der Waals surface area contributed by atoms with E-state index in [1.165, 1.54) is 0 Å². The van der Waals surface area contributed by atoms with E-state index in [1.807, 2.05) is 24.3 Å². The van der Waals surface area contributed by atoms with Crippen LogP contribution in [0.15, 0.2) is 42.5 Å². The van der Waals surface area contributed by atoms with Gasteiger partial charge in [-0.3, -0.25) is 0 Å². The highest BCUT2D eigenvalue weighted by Crippen LogP contribution is 2.27. The standard InChI is InChI=1S/C16H16O3/c1-3-12-6-4-5-7-15(12)19-13-8-9-14(16(17)18)11(2)10-13/h4-10H,3H2,1-2H3,(H,17,18). The smallest absolute Gasteiger partial charge is 0.335 e. The third-order valence-electron chi connectivity index (χ3n) is 3.01. The first kappa shape index (κ1) is 13.1. The van der Waals surface area contributed by atoms with Crippen molar-refractivity contribution in [2.45, 2.75) is 20.3 Å². The summed E-state index contributed by atoms with van der Waals surface area (Å²) in [5, 5.41) is 8.99. The zero-order chi connectivity index (χ0) is 13.8. The molecule has 0 unspecified atom stereocenters. The number of carboxylic acid groups (broad SMARTS) is 1. The summed E-state index contributed by atoms with van der Waals surface area (Å²) < 4.78 is 5.82. The fraction of sp³-hybridized carbons (Fsp3) is 0.188. The second-order valence-corrected chi connectivity index (χ2v) is 4.35. The highest BCUT2D eigenvalue weighted by molar-refractivity contribution is 5.89. The van der Waals surface area contributed by atoms with Crippen LogP contribution >= 0.6 is 0 Å². The van der Waals surface area contributed by atoms with E-state index in [0.717, 1.165) is 17.7 Å². The number of aryl methyl sites for hydroxylation is 2. The maximum absolute atomic E-state index is 11.0. The van der Waals surface area contributed by atoms with Gasteiger partial charge >= 0.3 is 5.97 Å². The van der Waals surface area contributed by atoms with Gasteiger partial charge in [0.2, 0.25) is 0 Å². The number of hydrogen-bond donors (Lipinski definition) is 1. The second-order valence-electron chi connectivity index (χ2n) is 4.35. The summed E-state index contributed by atoms with van der Waals surface area (Å²) >= 11 is 0. The molecule has 0 radical (unpaired) electrons. The fourth-order valence-corrected chi connectivity index (χ4v) is 1.96. The first-order valence-corrected chi connectivity index (χ1v) is 6.21. The topological polar surface area (TPSA) is 46.5 Å². The molecule has 0 amide bonds. The number of para-hydroxylation sites is 1. The van der Waals surface area contributed by atoms with Crippen LogP contribution in [0.3, 0.4) is 0 Å². The van der Waals surface area contributed by atoms with E-state index >= 15 is 0 Å². The molecule has 3 heteroatoms. The van der Waals surface area contributed by atoms with Crippen LogP contribution in [0, 0.1) is 6.92 Å². The Bertz CT molecular complexity index is 603. The molecule has 0 bridgehead atoms. The van der Waals surface area contributed by atoms with Gasteiger partial charge in [0.25, 0.3) is 0 Å². The summed E-state index contributed by atoms with van der Waals surface area (Å²) in [6.07, 6.45) is 0.891. The number of hydrogen-bond acceptors (Lipinski definition) is 2. The van der Waals surface area contributed by atoms with Crippen molar-refractivity contribution in [1.82, 2.24) is 0 Å². The lowest BCUT2D eigenvalue weighted by Crippen LogP contribution is -1.99. The molecule has 0 aliphatic rings. The lowest BCUT2D eigenvalue weighted by atomic mass is 10.1. The molecule has 1 N–H and O–H groups in total. The molecule has 2 aromatic rings. The molecule has 3 nitrogen and oxygen atoms in total. The first-order valence-electron chi connectivity index (χ1n) is 6.21. The van der Waals surface area contributed by atoms with Crippen molar-refractivity contribution in [1.29, 1.82) is 0 Å². The predicted molar refractivity (Wildman–Crippen MR) is 74.0 cm³/mol. The van der Waals surface area contributed by atoms with Crippen molar-refractivity contribution >= 4 is 5.97 Å². The van der Waals surface area contributed by atoms with Crippen molar-refractivity contribution in [2.75, 3.05) is 0 Å². The van der Waals surface area contributed by atoms with Gasteiger partial charge in [0, 0.05) is 0 Å². The maximum atomic E-state index is 11.0. The highest BCUT2D eigenvalue weighted by atomic mass is 16.5. The van der Waals surface area contributed by atoms with Crippen LogP contribution in [0.5, 0.6) is 11.5 Å². The van der Waals surface area contributed by atoms with E-state index in [2.05, 4.69) is 6.92 Å². The first-order chi connectivity index (χ1) is 9.11. The molecule has 98 valence electrons. The van der Waals surface area contributed by atoms with Crippen LogP contribution in [0.1, 0.15) is 28.4 Å². The predicted octanol–water partition coefficient (Wildman–Crippen LogP) is 4.05. The molecule has 0 saturated carbocycles.